The Morgan fingerprint density at radius 3 is 3.05 bits per heavy atom. The van der Waals surface area contributed by atoms with Gasteiger partial charge in [0.1, 0.15) is 0 Å². The average molecular weight is 321 g/mol. The fraction of sp³-hybridized carbons (Fsp3) is 0.750. The lowest BCUT2D eigenvalue weighted by molar-refractivity contribution is -0.131. The molecule has 0 aromatic carbocycles. The smallest absolute Gasteiger partial charge is 0.225 e. The van der Waals surface area contributed by atoms with Gasteiger partial charge in [0, 0.05) is 43.6 Å². The molecule has 3 fully saturated rings. The second-order valence-electron chi connectivity index (χ2n) is 6.80. The molecule has 1 aromatic heterocycles. The van der Waals surface area contributed by atoms with Gasteiger partial charge in [0.15, 0.2) is 0 Å². The number of rotatable bonds is 4. The first-order chi connectivity index (χ1) is 10.7. The van der Waals surface area contributed by atoms with Crippen LogP contribution in [0.1, 0.15) is 30.0 Å². The zero-order valence-electron chi connectivity index (χ0n) is 13.0. The minimum absolute atomic E-state index is 0.0709. The van der Waals surface area contributed by atoms with E-state index in [1.807, 2.05) is 6.92 Å². The Kier molecular flexibility index (Phi) is 3.92. The maximum Gasteiger partial charge on any atom is 0.225 e. The summed E-state index contributed by atoms with van der Waals surface area (Å²) in [4.78, 5) is 19.5. The van der Waals surface area contributed by atoms with E-state index in [0.717, 1.165) is 56.2 Å². The van der Waals surface area contributed by atoms with E-state index >= 15 is 0 Å². The monoisotopic (exact) mass is 321 g/mol. The highest BCUT2D eigenvalue weighted by atomic mass is 32.1. The van der Waals surface area contributed by atoms with E-state index in [2.05, 4.69) is 20.6 Å². The Bertz CT molecular complexity index is 557. The quantitative estimate of drug-likeness (QED) is 0.914. The minimum Gasteiger partial charge on any atom is -0.377 e. The van der Waals surface area contributed by atoms with Crippen molar-refractivity contribution < 1.29 is 9.53 Å². The first kappa shape index (κ1) is 14.6. The molecule has 0 radical (unpaired) electrons. The van der Waals surface area contributed by atoms with Crippen molar-refractivity contribution in [2.45, 2.75) is 44.9 Å². The molecule has 2 saturated heterocycles. The number of fused-ring (bicyclic) bond motifs is 1. The van der Waals surface area contributed by atoms with Gasteiger partial charge in [-0.25, -0.2) is 4.98 Å². The van der Waals surface area contributed by atoms with Gasteiger partial charge in [-0.15, -0.1) is 11.3 Å². The van der Waals surface area contributed by atoms with Crippen molar-refractivity contribution in [3.05, 3.63) is 16.1 Å². The van der Waals surface area contributed by atoms with E-state index in [0.29, 0.717) is 12.0 Å². The van der Waals surface area contributed by atoms with Crippen LogP contribution in [0.4, 0.5) is 0 Å². The van der Waals surface area contributed by atoms with Crippen molar-refractivity contribution in [2.75, 3.05) is 19.7 Å². The number of aryl methyl sites for hydroxylation is 1. The van der Waals surface area contributed by atoms with Gasteiger partial charge in [-0.2, -0.15) is 0 Å². The third-order valence-electron chi connectivity index (χ3n) is 4.98. The van der Waals surface area contributed by atoms with Gasteiger partial charge in [-0.3, -0.25) is 9.69 Å². The number of ether oxygens (including phenoxy) is 1. The van der Waals surface area contributed by atoms with Crippen molar-refractivity contribution in [2.24, 2.45) is 11.8 Å². The summed E-state index contributed by atoms with van der Waals surface area (Å²) >= 11 is 1.69. The number of hydrogen-bond acceptors (Lipinski definition) is 5. The molecular weight excluding hydrogens is 298 g/mol. The molecule has 1 amide bonds. The highest BCUT2D eigenvalue weighted by Crippen LogP contribution is 2.35. The van der Waals surface area contributed by atoms with Crippen molar-refractivity contribution in [3.63, 3.8) is 0 Å². The lowest BCUT2D eigenvalue weighted by atomic mass is 9.82. The summed E-state index contributed by atoms with van der Waals surface area (Å²) in [7, 11) is 0. The molecule has 1 N–H and O–H groups in total. The normalized spacial score (nSPS) is 32.0. The van der Waals surface area contributed by atoms with Crippen LogP contribution >= 0.6 is 11.3 Å². The molecule has 0 spiro atoms. The number of thiazole rings is 1. The predicted octanol–water partition coefficient (Wildman–Crippen LogP) is 1.57. The number of carbonyl (C=O) groups is 1. The Labute approximate surface area is 135 Å². The molecular formula is C16H23N3O2S. The zero-order chi connectivity index (χ0) is 15.1. The summed E-state index contributed by atoms with van der Waals surface area (Å²) in [5.41, 5.74) is 1.11. The average Bonchev–Trinajstić information content (AvgIpc) is 3.01. The van der Waals surface area contributed by atoms with Crippen molar-refractivity contribution in [3.8, 4) is 0 Å². The van der Waals surface area contributed by atoms with Gasteiger partial charge in [0.25, 0.3) is 0 Å². The molecule has 6 heteroatoms. The number of nitrogens with one attached hydrogen (secondary N) is 1. The van der Waals surface area contributed by atoms with Gasteiger partial charge in [0.05, 0.1) is 22.7 Å². The van der Waals surface area contributed by atoms with Gasteiger partial charge in [-0.05, 0) is 26.2 Å². The van der Waals surface area contributed by atoms with Crippen LogP contribution in [0.15, 0.2) is 5.38 Å². The molecule has 120 valence electrons. The number of hydrogen-bond donors (Lipinski definition) is 1. The summed E-state index contributed by atoms with van der Waals surface area (Å²) in [6.07, 6.45) is 3.52. The van der Waals surface area contributed by atoms with Crippen LogP contribution < -0.4 is 5.32 Å². The van der Waals surface area contributed by atoms with E-state index in [1.165, 1.54) is 0 Å². The highest BCUT2D eigenvalue weighted by molar-refractivity contribution is 7.09. The number of nitrogens with zero attached hydrogens (tertiary/aromatic N) is 2. The van der Waals surface area contributed by atoms with Crippen LogP contribution in [0.5, 0.6) is 0 Å². The highest BCUT2D eigenvalue weighted by Gasteiger charge is 2.44. The standard InChI is InChI=1S/C16H23N3O2S/c1-10-17-12(9-22-10)6-19-7-14(16(20)18-11-2-3-11)13-4-5-21-15(13)8-19/h9,11,13-15H,2-8H2,1H3,(H,18,20)/t13-,14-,15+/m1/s1. The first-order valence-corrected chi connectivity index (χ1v) is 9.12. The summed E-state index contributed by atoms with van der Waals surface area (Å²) < 4.78 is 5.89. The van der Waals surface area contributed by atoms with Crippen molar-refractivity contribution in [1.82, 2.24) is 15.2 Å². The van der Waals surface area contributed by atoms with Gasteiger partial charge in [-0.1, -0.05) is 0 Å². The van der Waals surface area contributed by atoms with Crippen molar-refractivity contribution >= 4 is 17.2 Å². The third-order valence-corrected chi connectivity index (χ3v) is 5.81. The summed E-state index contributed by atoms with van der Waals surface area (Å²) in [5.74, 6) is 0.705. The van der Waals surface area contributed by atoms with Gasteiger partial charge < -0.3 is 10.1 Å². The van der Waals surface area contributed by atoms with Gasteiger partial charge in [0.2, 0.25) is 5.91 Å². The van der Waals surface area contributed by atoms with Crippen LogP contribution in [-0.2, 0) is 16.1 Å². The Hall–Kier alpha value is -0.980. The summed E-state index contributed by atoms with van der Waals surface area (Å²) in [6.45, 7) is 5.41. The van der Waals surface area contributed by atoms with E-state index in [-0.39, 0.29) is 17.9 Å². The molecule has 3 heterocycles. The number of amides is 1. The lowest BCUT2D eigenvalue weighted by Crippen LogP contribution is -2.52. The van der Waals surface area contributed by atoms with E-state index in [4.69, 9.17) is 4.74 Å². The maximum absolute atomic E-state index is 12.6. The maximum atomic E-state index is 12.6. The fourth-order valence-electron chi connectivity index (χ4n) is 3.71. The molecule has 4 rings (SSSR count). The Morgan fingerprint density at radius 1 is 1.45 bits per heavy atom. The largest absolute Gasteiger partial charge is 0.377 e. The van der Waals surface area contributed by atoms with E-state index < -0.39 is 0 Å². The lowest BCUT2D eigenvalue weighted by Gasteiger charge is -2.39. The minimum atomic E-state index is 0.0709. The van der Waals surface area contributed by atoms with Crippen LogP contribution in [0, 0.1) is 18.8 Å². The van der Waals surface area contributed by atoms with Crippen LogP contribution in [0.2, 0.25) is 0 Å². The fourth-order valence-corrected chi connectivity index (χ4v) is 4.31. The number of aromatic nitrogens is 1. The second kappa shape index (κ2) is 5.91. The topological polar surface area (TPSA) is 54.5 Å². The number of piperidine rings is 1. The zero-order valence-corrected chi connectivity index (χ0v) is 13.8. The van der Waals surface area contributed by atoms with Gasteiger partial charge >= 0.3 is 0 Å². The molecule has 0 bridgehead atoms. The first-order valence-electron chi connectivity index (χ1n) is 8.24. The van der Waals surface area contributed by atoms with Crippen LogP contribution in [0.3, 0.4) is 0 Å². The molecule has 1 saturated carbocycles. The molecule has 3 aliphatic rings. The molecule has 0 unspecified atom stereocenters. The Balaban J connectivity index is 1.45. The predicted molar refractivity (Wildman–Crippen MR) is 84.6 cm³/mol. The molecule has 1 aliphatic carbocycles. The number of likely N-dealkylation sites (tertiary alicyclic amines) is 1. The van der Waals surface area contributed by atoms with Crippen LogP contribution in [0.25, 0.3) is 0 Å². The molecule has 3 atom stereocenters. The van der Waals surface area contributed by atoms with E-state index in [9.17, 15) is 4.79 Å². The van der Waals surface area contributed by atoms with E-state index in [1.54, 1.807) is 11.3 Å². The molecule has 1 aromatic rings. The Morgan fingerprint density at radius 2 is 2.32 bits per heavy atom. The molecule has 22 heavy (non-hydrogen) atoms. The summed E-state index contributed by atoms with van der Waals surface area (Å²) in [6, 6.07) is 0.435. The third kappa shape index (κ3) is 3.05. The molecule has 5 nitrogen and oxygen atoms in total. The number of carbonyl (C=O) groups excluding carboxylic acids is 1. The second-order valence-corrected chi connectivity index (χ2v) is 7.87. The SMILES string of the molecule is Cc1nc(CN2C[C@@H]3OCC[C@@H]3[C@H](C(=O)NC3CC3)C2)cs1. The van der Waals surface area contributed by atoms with Crippen LogP contribution in [-0.4, -0.2) is 47.6 Å². The summed E-state index contributed by atoms with van der Waals surface area (Å²) in [5, 5.41) is 6.41. The molecule has 2 aliphatic heterocycles. The van der Waals surface area contributed by atoms with Crippen molar-refractivity contribution in [1.29, 1.82) is 0 Å².